The summed E-state index contributed by atoms with van der Waals surface area (Å²) in [6.07, 6.45) is 0.672. The van der Waals surface area contributed by atoms with Crippen LogP contribution in [0, 0.1) is 39.4 Å². The highest BCUT2D eigenvalue weighted by Crippen LogP contribution is 2.41. The van der Waals surface area contributed by atoms with Gasteiger partial charge < -0.3 is 0 Å². The minimum Gasteiger partial charge on any atom is -0.287 e. The predicted octanol–water partition coefficient (Wildman–Crippen LogP) is 23.2. The van der Waals surface area contributed by atoms with Crippen LogP contribution in [0.5, 0.6) is 0 Å². The Morgan fingerprint density at radius 2 is 0.463 bits per heavy atom. The van der Waals surface area contributed by atoms with Crippen LogP contribution in [-0.4, -0.2) is 108 Å². The lowest BCUT2D eigenvalue weighted by atomic mass is 9.89. The van der Waals surface area contributed by atoms with Gasteiger partial charge in [-0.25, -0.2) is 54.2 Å². The van der Waals surface area contributed by atoms with E-state index >= 15 is 0 Å². The van der Waals surface area contributed by atoms with Crippen molar-refractivity contribution >= 4 is 104 Å². The average molecular weight is 1870 g/mol. The van der Waals surface area contributed by atoms with Crippen LogP contribution in [0.2, 0.25) is 15.1 Å². The summed E-state index contributed by atoms with van der Waals surface area (Å²) in [6, 6.07) is 84.5. The Bertz CT molecular complexity index is 7500. The number of alkyl halides is 1. The lowest BCUT2D eigenvalue weighted by Crippen LogP contribution is -2.25. The molecule has 0 aliphatic heterocycles. The second kappa shape index (κ2) is 37.8. The van der Waals surface area contributed by atoms with Gasteiger partial charge in [-0.15, -0.1) is 11.6 Å². The third kappa shape index (κ3) is 17.5. The van der Waals surface area contributed by atoms with Gasteiger partial charge >= 0.3 is 0 Å². The molecule has 0 spiro atoms. The lowest BCUT2D eigenvalue weighted by Gasteiger charge is -2.19. The maximum absolute atomic E-state index is 13.5. The second-order valence-electron chi connectivity index (χ2n) is 32.9. The van der Waals surface area contributed by atoms with E-state index in [-0.39, 0.29) is 126 Å². The van der Waals surface area contributed by atoms with E-state index in [1.807, 2.05) is 136 Å². The number of rotatable bonds is 10. The fourth-order valence-corrected chi connectivity index (χ4v) is 17.2. The van der Waals surface area contributed by atoms with Crippen LogP contribution in [0.4, 0.5) is 4.39 Å². The number of carbonyl (C=O) groups excluding carboxylic acids is 10. The Hall–Kier alpha value is -16.2. The Morgan fingerprint density at radius 1 is 0.228 bits per heavy atom. The monoisotopic (exact) mass is 1860 g/mol. The van der Waals surface area contributed by atoms with Crippen molar-refractivity contribution in [3.05, 3.63) is 458 Å². The molecule has 0 fully saturated rings. The standard InChI is InChI=1S/C25H15ClN2O2.C25H15FN2O2.C24H13ClN2O2.C20H13ClN2O2.C17H15ClN2O2/c2*1-14-6-8-15(9-7-14)20-21(16-10-12-17(26)13-11-16)28-23-22(27-20)24(29)18-4-2-3-5-19(18)25(23)30;25-16-12-10-15(11-13-16)20-19(14-6-2-1-3-7-14)26-21-22(27-20)24(29)18-9-5-4-8-17(18)23(21)28;1-10-7-12(9-13(21)8-10)16-11(2)22-17-18(23-16)20(25)15-6-4-3-5-14(15)19(17)24;1-9(2)7-12-13(8-18)20-15-14(19-12)16(21)10-5-3-4-6-11(10)17(15)22/h2*2-13H,1H3;1-13H;3-9H,1-2H3;3-6,9H,7-8H2,1-2H3. The van der Waals surface area contributed by atoms with Crippen LogP contribution in [-0.2, 0) is 12.3 Å². The first-order chi connectivity index (χ1) is 65.7. The van der Waals surface area contributed by atoms with Gasteiger partial charge in [0.25, 0.3) is 0 Å². The van der Waals surface area contributed by atoms with Crippen LogP contribution in [0.25, 0.3) is 78.8 Å². The molecule has 5 aromatic heterocycles. The van der Waals surface area contributed by atoms with Crippen molar-refractivity contribution in [2.24, 2.45) is 5.92 Å². The van der Waals surface area contributed by atoms with Gasteiger partial charge in [-0.2, -0.15) is 0 Å². The molecule has 5 heterocycles. The molecule has 0 bridgehead atoms. The SMILES string of the molecule is CC(C)Cc1nc2c(nc1CCl)C(=O)c1ccccc1C2=O.Cc1cc(Cl)cc(-c2nc3c(nc2C)C(=O)c2ccccc2C3=O)c1.Cc1ccc(-c2nc3c(nc2-c2ccc(Cl)cc2)C(=O)c2ccccc2C3=O)cc1.Cc1ccc(-c2nc3c(nc2-c2ccc(F)cc2)C(=O)c2ccccc2C3=O)cc1.O=C1c2ccccc2C(=O)c2nc(-c3ccc(Cl)cc3)c(-c3ccccc3)nc21. The van der Waals surface area contributed by atoms with E-state index in [1.54, 1.807) is 171 Å². The lowest BCUT2D eigenvalue weighted by molar-refractivity contribution is 0.0971. The number of carbonyl (C=O) groups is 10. The minimum atomic E-state index is -0.373. The van der Waals surface area contributed by atoms with Crippen molar-refractivity contribution < 1.29 is 52.3 Å². The molecule has 20 nitrogen and oxygen atoms in total. The Labute approximate surface area is 797 Å². The maximum atomic E-state index is 13.5. The molecular formula is C111H71Cl4FN10O10. The molecule has 0 atom stereocenters. The van der Waals surface area contributed by atoms with Gasteiger partial charge in [0.05, 0.1) is 62.8 Å². The van der Waals surface area contributed by atoms with Crippen molar-refractivity contribution in [2.45, 2.75) is 53.8 Å². The van der Waals surface area contributed by atoms with Gasteiger partial charge in [0.15, 0.2) is 0 Å². The van der Waals surface area contributed by atoms with Crippen LogP contribution < -0.4 is 0 Å². The number of hydrogen-bond donors (Lipinski definition) is 0. The van der Waals surface area contributed by atoms with Gasteiger partial charge in [-0.3, -0.25) is 47.9 Å². The normalized spacial score (nSPS) is 12.6. The zero-order chi connectivity index (χ0) is 95.2. The molecule has 0 saturated heterocycles. The smallest absolute Gasteiger partial charge is 0.214 e. The number of fused-ring (bicyclic) bond motifs is 10. The molecule has 0 radical (unpaired) electrons. The zero-order valence-corrected chi connectivity index (χ0v) is 76.2. The number of benzene rings is 12. The van der Waals surface area contributed by atoms with E-state index in [2.05, 4.69) is 63.7 Å². The first-order valence-electron chi connectivity index (χ1n) is 42.9. The second-order valence-corrected chi connectivity index (χ2v) is 34.5. The molecule has 12 aromatic carbocycles. The fraction of sp³-hybridized carbons (Fsp3) is 0.0811. The highest BCUT2D eigenvalue weighted by Gasteiger charge is 2.40. The average Bonchev–Trinajstić information content (AvgIpc) is 0.847. The predicted molar refractivity (Wildman–Crippen MR) is 517 cm³/mol. The van der Waals surface area contributed by atoms with Gasteiger partial charge in [-0.1, -0.05) is 284 Å². The van der Waals surface area contributed by atoms with E-state index in [0.29, 0.717) is 146 Å². The maximum Gasteiger partial charge on any atom is 0.214 e. The summed E-state index contributed by atoms with van der Waals surface area (Å²) in [6.45, 7) is 11.8. The highest BCUT2D eigenvalue weighted by atomic mass is 35.5. The summed E-state index contributed by atoms with van der Waals surface area (Å²) in [5.74, 6) is -2.74. The molecule has 22 rings (SSSR count). The van der Waals surface area contributed by atoms with E-state index in [9.17, 15) is 52.3 Å². The van der Waals surface area contributed by atoms with E-state index in [0.717, 1.165) is 50.1 Å². The molecule has 5 aliphatic carbocycles. The highest BCUT2D eigenvalue weighted by molar-refractivity contribution is 6.33. The molecule has 136 heavy (non-hydrogen) atoms. The number of nitrogens with zero attached hydrogens (tertiary/aromatic N) is 10. The first kappa shape index (κ1) is 90.4. The number of aryl methyl sites for hydroxylation is 4. The summed E-state index contributed by atoms with van der Waals surface area (Å²) in [4.78, 5) is 175. The number of hydrogen-bond acceptors (Lipinski definition) is 20. The van der Waals surface area contributed by atoms with E-state index in [1.165, 1.54) is 12.1 Å². The van der Waals surface area contributed by atoms with Crippen LogP contribution in [0.1, 0.15) is 208 Å². The molecular weight excluding hydrogens is 1790 g/mol. The Morgan fingerprint density at radius 3 is 0.735 bits per heavy atom. The Kier molecular flexibility index (Phi) is 25.1. The van der Waals surface area contributed by atoms with Gasteiger partial charge in [0.2, 0.25) is 57.8 Å². The first-order valence-corrected chi connectivity index (χ1v) is 44.6. The third-order valence-electron chi connectivity index (χ3n) is 23.1. The largest absolute Gasteiger partial charge is 0.287 e. The number of halogens is 5. The minimum absolute atomic E-state index is 0.0221. The van der Waals surface area contributed by atoms with Crippen LogP contribution >= 0.6 is 46.4 Å². The molecule has 5 aliphatic rings. The molecule has 25 heteroatoms. The van der Waals surface area contributed by atoms with Gasteiger partial charge in [0, 0.05) is 110 Å². The number of ketones is 10. The quantitative estimate of drug-likeness (QED) is 0.115. The van der Waals surface area contributed by atoms with Gasteiger partial charge in [-0.05, 0) is 112 Å². The molecule has 0 unspecified atom stereocenters. The molecule has 0 amide bonds. The summed E-state index contributed by atoms with van der Waals surface area (Å²) < 4.78 is 13.5. The summed E-state index contributed by atoms with van der Waals surface area (Å²) in [5, 5.41) is 1.78. The van der Waals surface area contributed by atoms with E-state index in [4.69, 9.17) is 46.4 Å². The third-order valence-corrected chi connectivity index (χ3v) is 24.1. The molecule has 0 saturated carbocycles. The molecule has 0 N–H and O–H groups in total. The summed E-state index contributed by atoms with van der Waals surface area (Å²) in [7, 11) is 0. The zero-order valence-electron chi connectivity index (χ0n) is 73.1. The number of aromatic nitrogens is 10. The van der Waals surface area contributed by atoms with Crippen molar-refractivity contribution in [2.75, 3.05) is 0 Å². The van der Waals surface area contributed by atoms with Crippen LogP contribution in [0.15, 0.2) is 291 Å². The molecule has 17 aromatic rings. The van der Waals surface area contributed by atoms with Crippen molar-refractivity contribution in [1.82, 2.24) is 49.8 Å². The summed E-state index contributed by atoms with van der Waals surface area (Å²) in [5.41, 5.74) is 18.4. The van der Waals surface area contributed by atoms with Crippen molar-refractivity contribution in [3.63, 3.8) is 0 Å². The van der Waals surface area contributed by atoms with Gasteiger partial charge in [0.1, 0.15) is 62.8 Å². The Balaban J connectivity index is 0.000000114. The summed E-state index contributed by atoms with van der Waals surface area (Å²) >= 11 is 24.2. The van der Waals surface area contributed by atoms with Crippen molar-refractivity contribution in [3.8, 4) is 78.8 Å². The van der Waals surface area contributed by atoms with Crippen LogP contribution in [0.3, 0.4) is 0 Å². The fourth-order valence-electron chi connectivity index (χ4n) is 16.4. The van der Waals surface area contributed by atoms with Crippen molar-refractivity contribution in [1.29, 1.82) is 0 Å². The molecule has 660 valence electrons. The topological polar surface area (TPSA) is 300 Å². The van der Waals surface area contributed by atoms with E-state index < -0.39 is 0 Å².